The molecule has 12 heteroatoms. The van der Waals surface area contributed by atoms with Crippen molar-refractivity contribution < 1.29 is 19.5 Å². The predicted molar refractivity (Wildman–Crippen MR) is 210 cm³/mol. The number of H-pyrrole nitrogens is 2. The van der Waals surface area contributed by atoms with Gasteiger partial charge in [0.05, 0.1) is 35.9 Å². The van der Waals surface area contributed by atoms with Gasteiger partial charge in [-0.25, -0.2) is 14.8 Å². The normalized spacial score (nSPS) is 19.4. The van der Waals surface area contributed by atoms with E-state index in [0.717, 1.165) is 91.3 Å². The van der Waals surface area contributed by atoms with Crippen LogP contribution in [-0.4, -0.2) is 90.4 Å². The van der Waals surface area contributed by atoms with Crippen molar-refractivity contribution in [3.8, 4) is 33.6 Å². The Labute approximate surface area is 321 Å². The summed E-state index contributed by atoms with van der Waals surface area (Å²) < 4.78 is 0. The third-order valence-corrected chi connectivity index (χ3v) is 11.4. The third kappa shape index (κ3) is 8.05. The van der Waals surface area contributed by atoms with Crippen LogP contribution < -0.4 is 5.32 Å². The lowest BCUT2D eigenvalue weighted by atomic mass is 10.0. The van der Waals surface area contributed by atoms with Gasteiger partial charge in [-0.05, 0) is 79.4 Å². The number of nitrogens with zero attached hydrogens (tertiary/aromatic N) is 5. The summed E-state index contributed by atoms with van der Waals surface area (Å²) in [7, 11) is 0. The number of hydrogen-bond donors (Lipinski definition) is 4. The third-order valence-electron chi connectivity index (χ3n) is 11.4. The first-order valence-electron chi connectivity index (χ1n) is 19.6. The lowest BCUT2D eigenvalue weighted by molar-refractivity contribution is -0.134. The summed E-state index contributed by atoms with van der Waals surface area (Å²) >= 11 is 0. The summed E-state index contributed by atoms with van der Waals surface area (Å²) in [6.45, 7) is 4.38. The van der Waals surface area contributed by atoms with Crippen LogP contribution in [0.2, 0.25) is 0 Å². The minimum atomic E-state index is -1.25. The molecule has 0 saturated carbocycles. The molecule has 0 radical (unpaired) electrons. The zero-order valence-corrected chi connectivity index (χ0v) is 31.0. The number of aromatic amines is 2. The second-order valence-electron chi connectivity index (χ2n) is 14.9. The van der Waals surface area contributed by atoms with Crippen LogP contribution in [0.4, 0.5) is 4.79 Å². The topological polar surface area (TPSA) is 151 Å². The summed E-state index contributed by atoms with van der Waals surface area (Å²) in [6, 6.07) is 24.4. The van der Waals surface area contributed by atoms with Gasteiger partial charge in [0, 0.05) is 26.1 Å². The van der Waals surface area contributed by atoms with Crippen molar-refractivity contribution in [2.75, 3.05) is 32.7 Å². The molecule has 5 heterocycles. The van der Waals surface area contributed by atoms with Gasteiger partial charge in [-0.3, -0.25) is 9.59 Å². The molecule has 2 aromatic heterocycles. The molecular weight excluding hydrogens is 693 g/mol. The Morgan fingerprint density at radius 3 is 1.76 bits per heavy atom. The predicted octanol–water partition coefficient (Wildman–Crippen LogP) is 7.35. The van der Waals surface area contributed by atoms with Crippen LogP contribution in [-0.2, 0) is 9.59 Å². The number of imidazole rings is 2. The molecule has 0 bridgehead atoms. The fraction of sp³-hybridized carbons (Fsp3) is 0.372. The van der Waals surface area contributed by atoms with Crippen molar-refractivity contribution in [3.05, 3.63) is 108 Å². The molecule has 0 aliphatic carbocycles. The first kappa shape index (κ1) is 36.2. The number of nitrogens with one attached hydrogen (secondary N) is 3. The van der Waals surface area contributed by atoms with Gasteiger partial charge >= 0.3 is 6.09 Å². The highest BCUT2D eigenvalue weighted by atomic mass is 16.4. The quantitative estimate of drug-likeness (QED) is 0.111. The number of carbonyl (C=O) groups is 3. The van der Waals surface area contributed by atoms with Crippen LogP contribution in [0, 0.1) is 0 Å². The van der Waals surface area contributed by atoms with E-state index in [0.29, 0.717) is 24.4 Å². The second-order valence-corrected chi connectivity index (χ2v) is 14.9. The maximum Gasteiger partial charge on any atom is 0.405 e. The fourth-order valence-corrected chi connectivity index (χ4v) is 8.46. The van der Waals surface area contributed by atoms with Gasteiger partial charge in [-0.15, -0.1) is 0 Å². The molecule has 0 spiro atoms. The van der Waals surface area contributed by atoms with Crippen LogP contribution in [0.5, 0.6) is 0 Å². The molecule has 0 unspecified atom stereocenters. The Kier molecular flexibility index (Phi) is 10.8. The summed E-state index contributed by atoms with van der Waals surface area (Å²) in [6.07, 6.45) is 10.2. The molecule has 3 saturated heterocycles. The van der Waals surface area contributed by atoms with E-state index >= 15 is 0 Å². The first-order valence-corrected chi connectivity index (χ1v) is 19.6. The fourth-order valence-electron chi connectivity index (χ4n) is 8.46. The Bertz CT molecular complexity index is 2090. The van der Waals surface area contributed by atoms with Gasteiger partial charge in [-0.1, -0.05) is 85.3 Å². The Morgan fingerprint density at radius 1 is 0.673 bits per heavy atom. The van der Waals surface area contributed by atoms with Gasteiger partial charge in [0.25, 0.3) is 5.91 Å². The highest BCUT2D eigenvalue weighted by Crippen LogP contribution is 2.35. The standard InChI is InChI=1S/C43H48N8O4/c52-38(21-26-49-22-5-2-6-23-49)50-24-7-11-36(50)40-44-27-34(46-40)31-17-13-29(14-18-31)30-15-19-32(20-16-30)35-28-45-41(47-35)37-12-8-25-51(37)42(53)39(48-43(54)55)33-9-3-1-4-10-33/h1,3-4,9-10,13-20,27-28,36-37,39,48H,2,5-8,11-12,21-26H2,(H,44,46)(H,45,47)(H,54,55)/t36-,37-,39+/m0/s1. The van der Waals surface area contributed by atoms with E-state index in [1.807, 2.05) is 17.2 Å². The van der Waals surface area contributed by atoms with Crippen LogP contribution in [0.1, 0.15) is 86.7 Å². The van der Waals surface area contributed by atoms with Crippen LogP contribution >= 0.6 is 0 Å². The zero-order chi connectivity index (χ0) is 37.7. The van der Waals surface area contributed by atoms with Crippen molar-refractivity contribution >= 4 is 17.9 Å². The Balaban J connectivity index is 0.900. The summed E-state index contributed by atoms with van der Waals surface area (Å²) in [5.74, 6) is 1.48. The molecule has 3 fully saturated rings. The Hall–Kier alpha value is -5.75. The number of hydrogen-bond acceptors (Lipinski definition) is 6. The molecule has 3 atom stereocenters. The number of amides is 3. The highest BCUT2D eigenvalue weighted by molar-refractivity contribution is 5.87. The maximum absolute atomic E-state index is 13.7. The number of carbonyl (C=O) groups excluding carboxylic acids is 2. The Morgan fingerprint density at radius 2 is 1.20 bits per heavy atom. The van der Waals surface area contributed by atoms with Gasteiger partial charge in [0.1, 0.15) is 17.7 Å². The van der Waals surface area contributed by atoms with Gasteiger partial charge in [0.2, 0.25) is 5.91 Å². The molecular formula is C43H48N8O4. The summed E-state index contributed by atoms with van der Waals surface area (Å²) in [4.78, 5) is 61.1. The molecule has 5 aromatic rings. The van der Waals surface area contributed by atoms with E-state index < -0.39 is 12.1 Å². The first-order chi connectivity index (χ1) is 26.9. The van der Waals surface area contributed by atoms with Gasteiger partial charge in [-0.2, -0.15) is 0 Å². The van der Waals surface area contributed by atoms with E-state index in [2.05, 4.69) is 73.7 Å². The van der Waals surface area contributed by atoms with Gasteiger partial charge in [0.15, 0.2) is 0 Å². The van der Waals surface area contributed by atoms with Crippen molar-refractivity contribution in [1.29, 1.82) is 0 Å². The average Bonchev–Trinajstić information content (AvgIpc) is 4.07. The minimum absolute atomic E-state index is 0.000879. The molecule has 8 rings (SSSR count). The van der Waals surface area contributed by atoms with Gasteiger partial charge < -0.3 is 35.1 Å². The summed E-state index contributed by atoms with van der Waals surface area (Å²) in [5, 5.41) is 11.9. The number of piperidine rings is 1. The highest BCUT2D eigenvalue weighted by Gasteiger charge is 2.37. The largest absolute Gasteiger partial charge is 0.465 e. The van der Waals surface area contributed by atoms with Crippen molar-refractivity contribution in [2.24, 2.45) is 0 Å². The van der Waals surface area contributed by atoms with E-state index in [9.17, 15) is 19.5 Å². The monoisotopic (exact) mass is 740 g/mol. The summed E-state index contributed by atoms with van der Waals surface area (Å²) in [5.41, 5.74) is 6.57. The van der Waals surface area contributed by atoms with Crippen LogP contribution in [0.3, 0.4) is 0 Å². The number of benzene rings is 3. The number of rotatable bonds is 11. The number of carboxylic acid groups (broad SMARTS) is 1. The molecule has 4 N–H and O–H groups in total. The van der Waals surface area contributed by atoms with E-state index in [-0.39, 0.29) is 23.9 Å². The van der Waals surface area contributed by atoms with Crippen molar-refractivity contribution in [3.63, 3.8) is 0 Å². The van der Waals surface area contributed by atoms with Crippen molar-refractivity contribution in [1.82, 2.24) is 40.0 Å². The number of likely N-dealkylation sites (tertiary alicyclic amines) is 3. The maximum atomic E-state index is 13.7. The average molecular weight is 741 g/mol. The smallest absolute Gasteiger partial charge is 0.405 e. The lowest BCUT2D eigenvalue weighted by Crippen LogP contribution is -2.42. The molecule has 3 aliphatic heterocycles. The SMILES string of the molecule is O=C(O)N[C@@H](C(=O)N1CCC[C@H]1c1ncc(-c2ccc(-c3ccc(-c4cnc([C@@H]5CCCN5C(=O)CCN5CCCCC5)[nH]4)cc3)cc2)[nH]1)c1ccccc1. The minimum Gasteiger partial charge on any atom is -0.465 e. The zero-order valence-electron chi connectivity index (χ0n) is 31.0. The molecule has 3 amide bonds. The number of aromatic nitrogens is 4. The molecule has 3 aliphatic rings. The van der Waals surface area contributed by atoms with E-state index in [1.165, 1.54) is 19.3 Å². The van der Waals surface area contributed by atoms with E-state index in [4.69, 9.17) is 4.98 Å². The second kappa shape index (κ2) is 16.3. The molecule has 12 nitrogen and oxygen atoms in total. The van der Waals surface area contributed by atoms with Crippen LogP contribution in [0.15, 0.2) is 91.3 Å². The van der Waals surface area contributed by atoms with Crippen LogP contribution in [0.25, 0.3) is 33.6 Å². The molecule has 55 heavy (non-hydrogen) atoms. The van der Waals surface area contributed by atoms with E-state index in [1.54, 1.807) is 35.4 Å². The molecule has 3 aromatic carbocycles. The van der Waals surface area contributed by atoms with Crippen molar-refractivity contribution in [2.45, 2.75) is 69.5 Å². The molecule has 284 valence electrons. The lowest BCUT2D eigenvalue weighted by Gasteiger charge is -2.28.